The molecule has 0 fully saturated rings. The van der Waals surface area contributed by atoms with Gasteiger partial charge in [0.15, 0.2) is 0 Å². The van der Waals surface area contributed by atoms with Gasteiger partial charge >= 0.3 is 0 Å². The molecule has 0 aliphatic carbocycles. The van der Waals surface area contributed by atoms with Crippen molar-refractivity contribution in [3.05, 3.63) is 70.7 Å². The fourth-order valence-corrected chi connectivity index (χ4v) is 3.87. The monoisotopic (exact) mass is 481 g/mol. The molecule has 174 valence electrons. The summed E-state index contributed by atoms with van der Waals surface area (Å²) in [4.78, 5) is 27.1. The third-order valence-corrected chi connectivity index (χ3v) is 6.28. The Balaban J connectivity index is 2.27. The molecule has 2 aromatic carbocycles. The van der Waals surface area contributed by atoms with Crippen LogP contribution in [-0.2, 0) is 32.7 Å². The largest absolute Gasteiger partial charge is 0.395 e. The van der Waals surface area contributed by atoms with Gasteiger partial charge in [-0.1, -0.05) is 54.1 Å². The van der Waals surface area contributed by atoms with Gasteiger partial charge in [-0.25, -0.2) is 8.42 Å². The number of hydrogen-bond acceptors (Lipinski definition) is 5. The smallest absolute Gasteiger partial charge is 0.242 e. The van der Waals surface area contributed by atoms with Crippen molar-refractivity contribution >= 4 is 33.4 Å². The number of nitrogens with one attached hydrogen (secondary N) is 1. The van der Waals surface area contributed by atoms with Crippen LogP contribution >= 0.6 is 11.6 Å². The van der Waals surface area contributed by atoms with E-state index in [0.717, 1.165) is 21.7 Å². The normalized spacial score (nSPS) is 12.4. The van der Waals surface area contributed by atoms with Gasteiger partial charge in [-0.05, 0) is 30.2 Å². The highest BCUT2D eigenvalue weighted by molar-refractivity contribution is 7.88. The average Bonchev–Trinajstić information content (AvgIpc) is 2.76. The standard InChI is InChI=1S/C22H28ClN3O5S/c1-17(22(29)24-12-13-27)26(15-19-8-10-20(23)11-9-19)21(28)16-25(32(2,30)31)14-18-6-4-3-5-7-18/h3-11,17,27H,12-16H2,1-2H3,(H,24,29)/t17-/m0/s1. The molecular formula is C22H28ClN3O5S. The van der Waals surface area contributed by atoms with Crippen LogP contribution in [-0.4, -0.2) is 66.5 Å². The summed E-state index contributed by atoms with van der Waals surface area (Å²) in [6.07, 6.45) is 1.05. The van der Waals surface area contributed by atoms with E-state index in [0.29, 0.717) is 5.02 Å². The Hall–Kier alpha value is -2.46. The second-order valence-electron chi connectivity index (χ2n) is 7.36. The number of sulfonamides is 1. The summed E-state index contributed by atoms with van der Waals surface area (Å²) in [7, 11) is -3.70. The summed E-state index contributed by atoms with van der Waals surface area (Å²) >= 11 is 5.94. The predicted octanol–water partition coefficient (Wildman–Crippen LogP) is 1.63. The number of amides is 2. The number of aliphatic hydroxyl groups excluding tert-OH is 1. The molecule has 2 N–H and O–H groups in total. The first-order valence-corrected chi connectivity index (χ1v) is 12.3. The van der Waals surface area contributed by atoms with Crippen LogP contribution in [0.3, 0.4) is 0 Å². The maximum atomic E-state index is 13.2. The molecule has 0 heterocycles. The number of carbonyl (C=O) groups excluding carboxylic acids is 2. The summed E-state index contributed by atoms with van der Waals surface area (Å²) in [5, 5.41) is 12.1. The lowest BCUT2D eigenvalue weighted by atomic mass is 10.1. The third-order valence-electron chi connectivity index (χ3n) is 4.83. The lowest BCUT2D eigenvalue weighted by molar-refractivity contribution is -0.140. The van der Waals surface area contributed by atoms with Crippen molar-refractivity contribution in [3.63, 3.8) is 0 Å². The molecule has 0 saturated carbocycles. The van der Waals surface area contributed by atoms with E-state index >= 15 is 0 Å². The maximum absolute atomic E-state index is 13.2. The zero-order chi connectivity index (χ0) is 23.7. The lowest BCUT2D eigenvalue weighted by Crippen LogP contribution is -2.51. The van der Waals surface area contributed by atoms with E-state index < -0.39 is 34.4 Å². The number of rotatable bonds is 11. The van der Waals surface area contributed by atoms with E-state index in [1.54, 1.807) is 55.5 Å². The molecule has 32 heavy (non-hydrogen) atoms. The topological polar surface area (TPSA) is 107 Å². The van der Waals surface area contributed by atoms with E-state index in [2.05, 4.69) is 5.32 Å². The van der Waals surface area contributed by atoms with Crippen LogP contribution in [0.4, 0.5) is 0 Å². The van der Waals surface area contributed by atoms with Crippen molar-refractivity contribution in [2.45, 2.75) is 26.1 Å². The number of halogens is 1. The van der Waals surface area contributed by atoms with Gasteiger partial charge in [0, 0.05) is 24.7 Å². The Labute approximate surface area is 193 Å². The SMILES string of the molecule is C[C@@H](C(=O)NCCO)N(Cc1ccc(Cl)cc1)C(=O)CN(Cc1ccccc1)S(C)(=O)=O. The summed E-state index contributed by atoms with van der Waals surface area (Å²) in [5.41, 5.74) is 1.47. The molecule has 10 heteroatoms. The van der Waals surface area contributed by atoms with Crippen molar-refractivity contribution in [2.75, 3.05) is 26.0 Å². The highest BCUT2D eigenvalue weighted by atomic mass is 35.5. The molecule has 2 aromatic rings. The minimum atomic E-state index is -3.70. The van der Waals surface area contributed by atoms with Crippen LogP contribution in [0.2, 0.25) is 5.02 Å². The zero-order valence-corrected chi connectivity index (χ0v) is 19.6. The molecule has 0 aliphatic heterocycles. The Morgan fingerprint density at radius 3 is 2.19 bits per heavy atom. The van der Waals surface area contributed by atoms with E-state index in [1.165, 1.54) is 4.90 Å². The highest BCUT2D eigenvalue weighted by Gasteiger charge is 2.29. The summed E-state index contributed by atoms with van der Waals surface area (Å²) in [6, 6.07) is 14.9. The molecule has 0 unspecified atom stereocenters. The number of aliphatic hydroxyl groups is 1. The first-order chi connectivity index (χ1) is 15.1. The Bertz CT molecular complexity index is 1000. The Kier molecular flexibility index (Phi) is 9.64. The van der Waals surface area contributed by atoms with Crippen molar-refractivity contribution in [1.82, 2.24) is 14.5 Å². The molecule has 8 nitrogen and oxygen atoms in total. The van der Waals surface area contributed by atoms with Crippen LogP contribution < -0.4 is 5.32 Å². The minimum absolute atomic E-state index is 0.0330. The van der Waals surface area contributed by atoms with Crippen LogP contribution in [0, 0.1) is 0 Å². The van der Waals surface area contributed by atoms with Gasteiger partial charge in [-0.2, -0.15) is 4.31 Å². The minimum Gasteiger partial charge on any atom is -0.395 e. The van der Waals surface area contributed by atoms with Gasteiger partial charge in [-0.15, -0.1) is 0 Å². The number of carbonyl (C=O) groups is 2. The van der Waals surface area contributed by atoms with Gasteiger partial charge in [-0.3, -0.25) is 9.59 Å². The predicted molar refractivity (Wildman–Crippen MR) is 123 cm³/mol. The molecule has 0 aliphatic rings. The number of benzene rings is 2. The van der Waals surface area contributed by atoms with Crippen LogP contribution in [0.1, 0.15) is 18.1 Å². The van der Waals surface area contributed by atoms with Gasteiger partial charge in [0.2, 0.25) is 21.8 Å². The third kappa shape index (κ3) is 7.90. The van der Waals surface area contributed by atoms with Gasteiger partial charge in [0.05, 0.1) is 19.4 Å². The lowest BCUT2D eigenvalue weighted by Gasteiger charge is -2.31. The first-order valence-electron chi connectivity index (χ1n) is 10.0. The molecule has 0 saturated heterocycles. The van der Waals surface area contributed by atoms with Gasteiger partial charge in [0.1, 0.15) is 6.04 Å². The maximum Gasteiger partial charge on any atom is 0.242 e. The van der Waals surface area contributed by atoms with E-state index in [4.69, 9.17) is 16.7 Å². The second-order valence-corrected chi connectivity index (χ2v) is 9.77. The Morgan fingerprint density at radius 2 is 1.62 bits per heavy atom. The number of nitrogens with zero attached hydrogens (tertiary/aromatic N) is 2. The van der Waals surface area contributed by atoms with Crippen molar-refractivity contribution in [1.29, 1.82) is 0 Å². The molecule has 0 aromatic heterocycles. The summed E-state index contributed by atoms with van der Waals surface area (Å²) in [5.74, 6) is -0.969. The highest BCUT2D eigenvalue weighted by Crippen LogP contribution is 2.15. The molecule has 0 radical (unpaired) electrons. The molecule has 2 amide bonds. The molecule has 0 bridgehead atoms. The molecular weight excluding hydrogens is 454 g/mol. The zero-order valence-electron chi connectivity index (χ0n) is 18.1. The van der Waals surface area contributed by atoms with Crippen molar-refractivity contribution in [2.24, 2.45) is 0 Å². The fourth-order valence-electron chi connectivity index (χ4n) is 3.02. The number of hydrogen-bond donors (Lipinski definition) is 2. The van der Waals surface area contributed by atoms with E-state index in [9.17, 15) is 18.0 Å². The van der Waals surface area contributed by atoms with Gasteiger partial charge in [0.25, 0.3) is 0 Å². The van der Waals surface area contributed by atoms with Gasteiger partial charge < -0.3 is 15.3 Å². The molecule has 0 spiro atoms. The van der Waals surface area contributed by atoms with E-state index in [-0.39, 0.29) is 26.2 Å². The quantitative estimate of drug-likeness (QED) is 0.507. The van der Waals surface area contributed by atoms with Crippen LogP contribution in [0.15, 0.2) is 54.6 Å². The van der Waals surface area contributed by atoms with E-state index in [1.807, 2.05) is 6.07 Å². The second kappa shape index (κ2) is 12.0. The average molecular weight is 482 g/mol. The first kappa shape index (κ1) is 25.8. The summed E-state index contributed by atoms with van der Waals surface area (Å²) in [6.45, 7) is 1.08. The fraction of sp³-hybridized carbons (Fsp3) is 0.364. The summed E-state index contributed by atoms with van der Waals surface area (Å²) < 4.78 is 25.8. The van der Waals surface area contributed by atoms with Crippen LogP contribution in [0.5, 0.6) is 0 Å². The molecule has 2 rings (SSSR count). The van der Waals surface area contributed by atoms with Crippen molar-refractivity contribution in [3.8, 4) is 0 Å². The van der Waals surface area contributed by atoms with Crippen molar-refractivity contribution < 1.29 is 23.1 Å². The van der Waals surface area contributed by atoms with Crippen LogP contribution in [0.25, 0.3) is 0 Å². The Morgan fingerprint density at radius 1 is 1.03 bits per heavy atom. The molecule has 1 atom stereocenters.